The average Bonchev–Trinajstić information content (AvgIpc) is 2.73. The first-order chi connectivity index (χ1) is 12.7. The molecule has 1 aliphatic rings. The van der Waals surface area contributed by atoms with Gasteiger partial charge in [-0.05, 0) is 37.1 Å². The standard InChI is InChI=1S/C21H26N2O3S/c1-21(2,3)26-19(24)12-23-11-18(27-13-17(22)20(23)25)16-10-6-8-14-7-4-5-9-15(14)16/h4-10,17-18H,11-13,22H2,1-3H3. The number of hydrogen-bond donors (Lipinski definition) is 1. The molecule has 2 aromatic rings. The van der Waals surface area contributed by atoms with E-state index in [1.807, 2.05) is 39.0 Å². The Labute approximate surface area is 164 Å². The lowest BCUT2D eigenvalue weighted by molar-refractivity contribution is -0.159. The van der Waals surface area contributed by atoms with E-state index in [4.69, 9.17) is 10.5 Å². The first-order valence-corrected chi connectivity index (χ1v) is 10.1. The fraction of sp³-hybridized carbons (Fsp3) is 0.429. The van der Waals surface area contributed by atoms with Gasteiger partial charge in [0.1, 0.15) is 12.1 Å². The maximum Gasteiger partial charge on any atom is 0.326 e. The van der Waals surface area contributed by atoms with Gasteiger partial charge in [-0.1, -0.05) is 42.5 Å². The molecule has 1 aliphatic heterocycles. The first kappa shape index (κ1) is 19.7. The molecule has 0 aromatic heterocycles. The highest BCUT2D eigenvalue weighted by Gasteiger charge is 2.32. The zero-order chi connectivity index (χ0) is 19.6. The molecule has 2 unspecified atom stereocenters. The van der Waals surface area contributed by atoms with E-state index in [2.05, 4.69) is 24.3 Å². The van der Waals surface area contributed by atoms with Crippen molar-refractivity contribution in [2.24, 2.45) is 5.73 Å². The van der Waals surface area contributed by atoms with E-state index in [-0.39, 0.29) is 17.7 Å². The summed E-state index contributed by atoms with van der Waals surface area (Å²) in [5.74, 6) is -0.0833. The van der Waals surface area contributed by atoms with Crippen LogP contribution in [0.2, 0.25) is 0 Å². The molecule has 0 spiro atoms. The van der Waals surface area contributed by atoms with Crippen molar-refractivity contribution in [3.05, 3.63) is 48.0 Å². The molecule has 27 heavy (non-hydrogen) atoms. The van der Waals surface area contributed by atoms with Crippen molar-refractivity contribution in [1.29, 1.82) is 0 Å². The Balaban J connectivity index is 1.86. The number of rotatable bonds is 3. The predicted molar refractivity (Wildman–Crippen MR) is 110 cm³/mol. The number of carbonyl (C=O) groups excluding carboxylic acids is 2. The van der Waals surface area contributed by atoms with Crippen LogP contribution in [0.15, 0.2) is 42.5 Å². The SMILES string of the molecule is CC(C)(C)OC(=O)CN1CC(c2cccc3ccccc23)SCC(N)C1=O. The Morgan fingerprint density at radius 3 is 2.67 bits per heavy atom. The van der Waals surface area contributed by atoms with Gasteiger partial charge < -0.3 is 15.4 Å². The van der Waals surface area contributed by atoms with E-state index < -0.39 is 17.6 Å². The minimum atomic E-state index is -0.614. The minimum Gasteiger partial charge on any atom is -0.459 e. The summed E-state index contributed by atoms with van der Waals surface area (Å²) in [4.78, 5) is 26.5. The maximum absolute atomic E-state index is 12.7. The lowest BCUT2D eigenvalue weighted by atomic mass is 10.0. The highest BCUT2D eigenvalue weighted by molar-refractivity contribution is 7.99. The maximum atomic E-state index is 12.7. The molecule has 3 rings (SSSR count). The highest BCUT2D eigenvalue weighted by Crippen LogP contribution is 2.36. The van der Waals surface area contributed by atoms with Crippen LogP contribution in [0.5, 0.6) is 0 Å². The number of carbonyl (C=O) groups is 2. The number of benzene rings is 2. The summed E-state index contributed by atoms with van der Waals surface area (Å²) in [5.41, 5.74) is 6.64. The van der Waals surface area contributed by atoms with Crippen LogP contribution in [0.1, 0.15) is 31.6 Å². The van der Waals surface area contributed by atoms with Crippen LogP contribution < -0.4 is 5.73 Å². The molecule has 2 atom stereocenters. The minimum absolute atomic E-state index is 0.0519. The van der Waals surface area contributed by atoms with E-state index in [1.54, 1.807) is 16.7 Å². The van der Waals surface area contributed by atoms with Gasteiger partial charge in [-0.3, -0.25) is 9.59 Å². The summed E-state index contributed by atoms with van der Waals surface area (Å²) in [6, 6.07) is 13.8. The number of ether oxygens (including phenoxy) is 1. The molecule has 1 heterocycles. The summed E-state index contributed by atoms with van der Waals surface area (Å²) in [5, 5.41) is 2.38. The summed E-state index contributed by atoms with van der Waals surface area (Å²) in [6.07, 6.45) is 0. The lowest BCUT2D eigenvalue weighted by Crippen LogP contribution is -2.47. The summed E-state index contributed by atoms with van der Waals surface area (Å²) >= 11 is 1.67. The molecule has 1 saturated heterocycles. The van der Waals surface area contributed by atoms with Crippen LogP contribution in [0.4, 0.5) is 0 Å². The number of hydrogen-bond acceptors (Lipinski definition) is 5. The van der Waals surface area contributed by atoms with E-state index in [0.717, 1.165) is 16.3 Å². The largest absolute Gasteiger partial charge is 0.459 e. The van der Waals surface area contributed by atoms with E-state index in [0.29, 0.717) is 12.3 Å². The second-order valence-electron chi connectivity index (χ2n) is 7.80. The summed E-state index contributed by atoms with van der Waals surface area (Å²) in [7, 11) is 0. The molecule has 0 radical (unpaired) electrons. The summed E-state index contributed by atoms with van der Waals surface area (Å²) < 4.78 is 5.40. The smallest absolute Gasteiger partial charge is 0.326 e. The normalized spacial score (nSPS) is 21.2. The van der Waals surface area contributed by atoms with Crippen LogP contribution in [0.3, 0.4) is 0 Å². The Hall–Kier alpha value is -2.05. The Morgan fingerprint density at radius 2 is 1.93 bits per heavy atom. The van der Waals surface area contributed by atoms with Gasteiger partial charge in [0.15, 0.2) is 0 Å². The van der Waals surface area contributed by atoms with Crippen molar-refractivity contribution in [1.82, 2.24) is 4.90 Å². The first-order valence-electron chi connectivity index (χ1n) is 9.10. The number of nitrogens with two attached hydrogens (primary N) is 1. The van der Waals surface area contributed by atoms with Crippen LogP contribution in [0.25, 0.3) is 10.8 Å². The molecule has 5 nitrogen and oxygen atoms in total. The van der Waals surface area contributed by atoms with Gasteiger partial charge in [0.25, 0.3) is 0 Å². The average molecular weight is 387 g/mol. The van der Waals surface area contributed by atoms with Gasteiger partial charge in [0.2, 0.25) is 5.91 Å². The summed E-state index contributed by atoms with van der Waals surface area (Å²) in [6.45, 7) is 5.80. The fourth-order valence-corrected chi connectivity index (χ4v) is 4.51. The second-order valence-corrected chi connectivity index (χ2v) is 9.04. The van der Waals surface area contributed by atoms with Gasteiger partial charge >= 0.3 is 5.97 Å². The third-order valence-corrected chi connectivity index (χ3v) is 5.76. The Bertz CT molecular complexity index is 841. The third-order valence-electron chi connectivity index (χ3n) is 4.40. The number of esters is 1. The van der Waals surface area contributed by atoms with Crippen molar-refractivity contribution in [3.8, 4) is 0 Å². The molecule has 1 fully saturated rings. The van der Waals surface area contributed by atoms with Crippen LogP contribution in [-0.2, 0) is 14.3 Å². The molecule has 2 aromatic carbocycles. The van der Waals surface area contributed by atoms with Crippen molar-refractivity contribution < 1.29 is 14.3 Å². The van der Waals surface area contributed by atoms with Gasteiger partial charge in [0.05, 0.1) is 6.04 Å². The van der Waals surface area contributed by atoms with E-state index in [1.165, 1.54) is 0 Å². The predicted octanol–water partition coefficient (Wildman–Crippen LogP) is 3.13. The molecular formula is C21H26N2O3S. The molecule has 6 heteroatoms. The Kier molecular flexibility index (Phi) is 5.77. The van der Waals surface area contributed by atoms with Crippen molar-refractivity contribution in [2.45, 2.75) is 37.7 Å². The molecule has 144 valence electrons. The molecule has 0 bridgehead atoms. The number of nitrogens with zero attached hydrogens (tertiary/aromatic N) is 1. The van der Waals surface area contributed by atoms with Crippen molar-refractivity contribution in [3.63, 3.8) is 0 Å². The van der Waals surface area contributed by atoms with Gasteiger partial charge in [-0.15, -0.1) is 11.8 Å². The molecule has 0 aliphatic carbocycles. The second kappa shape index (κ2) is 7.90. The lowest BCUT2D eigenvalue weighted by Gasteiger charge is -2.27. The molecule has 0 saturated carbocycles. The third kappa shape index (κ3) is 4.82. The zero-order valence-corrected chi connectivity index (χ0v) is 16.8. The van der Waals surface area contributed by atoms with E-state index in [9.17, 15) is 9.59 Å². The topological polar surface area (TPSA) is 72.6 Å². The van der Waals surface area contributed by atoms with Crippen molar-refractivity contribution >= 4 is 34.4 Å². The quantitative estimate of drug-likeness (QED) is 0.821. The molecule has 2 N–H and O–H groups in total. The van der Waals surface area contributed by atoms with E-state index >= 15 is 0 Å². The Morgan fingerprint density at radius 1 is 1.22 bits per heavy atom. The van der Waals surface area contributed by atoms with Gasteiger partial charge in [-0.2, -0.15) is 0 Å². The fourth-order valence-electron chi connectivity index (χ4n) is 3.26. The van der Waals surface area contributed by atoms with Crippen LogP contribution in [0, 0.1) is 0 Å². The number of thioether (sulfide) groups is 1. The zero-order valence-electron chi connectivity index (χ0n) is 16.0. The molecule has 1 amide bonds. The van der Waals surface area contributed by atoms with Crippen LogP contribution >= 0.6 is 11.8 Å². The van der Waals surface area contributed by atoms with Gasteiger partial charge in [0, 0.05) is 17.5 Å². The van der Waals surface area contributed by atoms with Crippen LogP contribution in [-0.4, -0.2) is 47.3 Å². The van der Waals surface area contributed by atoms with Crippen molar-refractivity contribution in [2.75, 3.05) is 18.8 Å². The monoisotopic (exact) mass is 386 g/mol. The number of fused-ring (bicyclic) bond motifs is 1. The molecular weight excluding hydrogens is 360 g/mol. The number of amides is 1. The van der Waals surface area contributed by atoms with Gasteiger partial charge in [-0.25, -0.2) is 0 Å². The highest BCUT2D eigenvalue weighted by atomic mass is 32.2.